The van der Waals surface area contributed by atoms with Gasteiger partial charge >= 0.3 is 5.97 Å². The minimum absolute atomic E-state index is 0.0835. The van der Waals surface area contributed by atoms with Crippen LogP contribution in [0.25, 0.3) is 0 Å². The number of ketones is 1. The summed E-state index contributed by atoms with van der Waals surface area (Å²) in [5.41, 5.74) is 0.691. The third-order valence-electron chi connectivity index (χ3n) is 6.44. The highest BCUT2D eigenvalue weighted by molar-refractivity contribution is 6.11. The zero-order valence-electron chi connectivity index (χ0n) is 17.6. The van der Waals surface area contributed by atoms with Crippen molar-refractivity contribution in [2.45, 2.75) is 64.0 Å². The molecule has 162 valence electrons. The summed E-state index contributed by atoms with van der Waals surface area (Å²) < 4.78 is 16.8. The second-order valence-corrected chi connectivity index (χ2v) is 8.17. The van der Waals surface area contributed by atoms with Gasteiger partial charge in [-0.1, -0.05) is 0 Å². The molecule has 2 fully saturated rings. The van der Waals surface area contributed by atoms with E-state index in [1.807, 2.05) is 25.1 Å². The molecule has 0 aromatic heterocycles. The number of hydrogen-bond donors (Lipinski definition) is 0. The number of Topliss-reactive ketones (excluding diaryl/α,β-unsaturated/α-hetero) is 1. The van der Waals surface area contributed by atoms with E-state index in [0.717, 1.165) is 30.5 Å². The van der Waals surface area contributed by atoms with Gasteiger partial charge in [0.1, 0.15) is 23.7 Å². The van der Waals surface area contributed by atoms with Gasteiger partial charge in [0.25, 0.3) is 0 Å². The van der Waals surface area contributed by atoms with Crippen molar-refractivity contribution in [3.8, 4) is 5.75 Å². The molecule has 1 spiro atoms. The van der Waals surface area contributed by atoms with Crippen molar-refractivity contribution in [3.05, 3.63) is 23.8 Å². The first-order valence-corrected chi connectivity index (χ1v) is 10.9. The average molecular weight is 415 g/mol. The largest absolute Gasteiger partial charge is 0.494 e. The molecule has 7 nitrogen and oxygen atoms in total. The molecule has 2 heterocycles. The number of nitrogens with zero attached hydrogens (tertiary/aromatic N) is 1. The maximum absolute atomic E-state index is 13.9. The minimum Gasteiger partial charge on any atom is -0.494 e. The first-order chi connectivity index (χ1) is 14.5. The highest BCUT2D eigenvalue weighted by Gasteiger charge is 2.57. The van der Waals surface area contributed by atoms with Crippen molar-refractivity contribution in [1.82, 2.24) is 0 Å². The lowest BCUT2D eigenvalue weighted by Gasteiger charge is -2.37. The number of benzene rings is 1. The van der Waals surface area contributed by atoms with Crippen molar-refractivity contribution < 1.29 is 28.6 Å². The normalized spacial score (nSPS) is 28.5. The predicted molar refractivity (Wildman–Crippen MR) is 109 cm³/mol. The first kappa shape index (κ1) is 20.8. The lowest BCUT2D eigenvalue weighted by Crippen LogP contribution is -2.51. The molecule has 4 rings (SSSR count). The molecule has 1 saturated carbocycles. The van der Waals surface area contributed by atoms with Gasteiger partial charge in [-0.05, 0) is 69.7 Å². The quantitative estimate of drug-likeness (QED) is 0.543. The van der Waals surface area contributed by atoms with Gasteiger partial charge in [-0.15, -0.1) is 0 Å². The van der Waals surface area contributed by atoms with Crippen LogP contribution in [-0.4, -0.2) is 43.7 Å². The lowest BCUT2D eigenvalue weighted by atomic mass is 9.66. The lowest BCUT2D eigenvalue weighted by molar-refractivity contribution is -0.154. The molecule has 3 atom stereocenters. The number of carbonyl (C=O) groups excluding carboxylic acids is 3. The van der Waals surface area contributed by atoms with Crippen molar-refractivity contribution in [2.75, 3.05) is 24.7 Å². The number of esters is 1. The number of carbonyl (C=O) groups is 3. The van der Waals surface area contributed by atoms with E-state index in [-0.39, 0.29) is 37.4 Å². The molecular weight excluding hydrogens is 386 g/mol. The second kappa shape index (κ2) is 8.38. The Morgan fingerprint density at radius 2 is 2.07 bits per heavy atom. The summed E-state index contributed by atoms with van der Waals surface area (Å²) in [5, 5.41) is 0. The molecule has 1 amide bonds. The zero-order valence-corrected chi connectivity index (χ0v) is 17.6. The van der Waals surface area contributed by atoms with Crippen LogP contribution in [0, 0.1) is 5.92 Å². The van der Waals surface area contributed by atoms with E-state index in [1.54, 1.807) is 11.8 Å². The van der Waals surface area contributed by atoms with Crippen LogP contribution in [0.3, 0.4) is 0 Å². The molecule has 1 aliphatic carbocycles. The zero-order chi connectivity index (χ0) is 21.3. The molecular formula is C23H29NO6. The number of rotatable bonds is 5. The summed E-state index contributed by atoms with van der Waals surface area (Å²) in [6.45, 7) is 4.97. The van der Waals surface area contributed by atoms with Gasteiger partial charge in [0.2, 0.25) is 5.91 Å². The number of hydrogen-bond acceptors (Lipinski definition) is 6. The number of amides is 1. The van der Waals surface area contributed by atoms with Crippen LogP contribution in [0.5, 0.6) is 5.75 Å². The minimum atomic E-state index is -0.936. The molecule has 3 unspecified atom stereocenters. The van der Waals surface area contributed by atoms with Crippen LogP contribution in [0.15, 0.2) is 18.2 Å². The van der Waals surface area contributed by atoms with Crippen molar-refractivity contribution in [2.24, 2.45) is 5.92 Å². The van der Waals surface area contributed by atoms with Gasteiger partial charge in [0, 0.05) is 13.0 Å². The Labute approximate surface area is 176 Å². The average Bonchev–Trinajstić information content (AvgIpc) is 2.98. The molecule has 3 aliphatic rings. The van der Waals surface area contributed by atoms with Gasteiger partial charge in [0.05, 0.1) is 24.3 Å². The van der Waals surface area contributed by atoms with E-state index < -0.39 is 17.3 Å². The van der Waals surface area contributed by atoms with Gasteiger partial charge in [-0.25, -0.2) is 0 Å². The van der Waals surface area contributed by atoms with Crippen LogP contribution >= 0.6 is 0 Å². The van der Waals surface area contributed by atoms with E-state index in [4.69, 9.17) is 14.2 Å². The predicted octanol–water partition coefficient (Wildman–Crippen LogP) is 3.13. The Morgan fingerprint density at radius 1 is 1.23 bits per heavy atom. The van der Waals surface area contributed by atoms with Crippen LogP contribution in [0.2, 0.25) is 0 Å². The topological polar surface area (TPSA) is 82.1 Å². The maximum Gasteiger partial charge on any atom is 0.316 e. The first-order valence-electron chi connectivity index (χ1n) is 10.9. The fourth-order valence-electron chi connectivity index (χ4n) is 5.01. The fraction of sp³-hybridized carbons (Fsp3) is 0.609. The Bertz CT molecular complexity index is 846. The summed E-state index contributed by atoms with van der Waals surface area (Å²) >= 11 is 0. The van der Waals surface area contributed by atoms with Crippen LogP contribution in [0.1, 0.15) is 57.9 Å². The third kappa shape index (κ3) is 3.39. The summed E-state index contributed by atoms with van der Waals surface area (Å²) in [5.74, 6) is -1.01. The molecule has 0 bridgehead atoms. The molecule has 0 N–H and O–H groups in total. The van der Waals surface area contributed by atoms with E-state index in [1.165, 1.54) is 0 Å². The molecule has 0 radical (unpaired) electrons. The van der Waals surface area contributed by atoms with Crippen molar-refractivity contribution in [3.63, 3.8) is 0 Å². The standard InChI is InChI=1S/C23H29NO6/c1-3-28-15-8-9-18-17(13-15)23(22(27)24(18)20-7-5-6-12-30-20)11-10-19(25)16(14-23)21(26)29-4-2/h8-9,13,16,20H,3-7,10-12,14H2,1-2H3. The fourth-order valence-corrected chi connectivity index (χ4v) is 5.01. The van der Waals surface area contributed by atoms with Crippen molar-refractivity contribution in [1.29, 1.82) is 0 Å². The Morgan fingerprint density at radius 3 is 2.77 bits per heavy atom. The summed E-state index contributed by atoms with van der Waals surface area (Å²) in [7, 11) is 0. The molecule has 2 aliphatic heterocycles. The summed E-state index contributed by atoms with van der Waals surface area (Å²) in [6.07, 6.45) is 3.13. The van der Waals surface area contributed by atoms with Crippen molar-refractivity contribution >= 4 is 23.3 Å². The van der Waals surface area contributed by atoms with Crippen LogP contribution in [0.4, 0.5) is 5.69 Å². The maximum atomic E-state index is 13.9. The molecule has 1 aromatic carbocycles. The third-order valence-corrected chi connectivity index (χ3v) is 6.44. The molecule has 1 saturated heterocycles. The van der Waals surface area contributed by atoms with Gasteiger partial charge in [-0.2, -0.15) is 0 Å². The highest BCUT2D eigenvalue weighted by Crippen LogP contribution is 2.53. The Hall–Kier alpha value is -2.41. The highest BCUT2D eigenvalue weighted by atomic mass is 16.5. The SMILES string of the molecule is CCOC(=O)C1CC2(CCC1=O)C(=O)N(C1CCCCO1)c1ccc(OCC)cc12. The number of anilines is 1. The van der Waals surface area contributed by atoms with Crippen LogP contribution in [-0.2, 0) is 29.3 Å². The number of fused-ring (bicyclic) bond motifs is 2. The van der Waals surface area contributed by atoms with E-state index >= 15 is 0 Å². The van der Waals surface area contributed by atoms with Gasteiger partial charge in [-0.3, -0.25) is 19.3 Å². The van der Waals surface area contributed by atoms with Gasteiger partial charge < -0.3 is 14.2 Å². The second-order valence-electron chi connectivity index (χ2n) is 8.17. The van der Waals surface area contributed by atoms with Crippen LogP contribution < -0.4 is 9.64 Å². The summed E-state index contributed by atoms with van der Waals surface area (Å²) in [6, 6.07) is 5.67. The summed E-state index contributed by atoms with van der Waals surface area (Å²) in [4.78, 5) is 40.7. The van der Waals surface area contributed by atoms with E-state index in [2.05, 4.69) is 0 Å². The molecule has 7 heteroatoms. The smallest absolute Gasteiger partial charge is 0.316 e. The number of ether oxygens (including phenoxy) is 3. The van der Waals surface area contributed by atoms with E-state index in [9.17, 15) is 14.4 Å². The Kier molecular flexibility index (Phi) is 5.82. The molecule has 1 aromatic rings. The van der Waals surface area contributed by atoms with Gasteiger partial charge in [0.15, 0.2) is 0 Å². The monoisotopic (exact) mass is 415 g/mol. The molecule has 30 heavy (non-hydrogen) atoms. The van der Waals surface area contributed by atoms with E-state index in [0.29, 0.717) is 25.4 Å². The Balaban J connectivity index is 1.77.